The second-order valence-electron chi connectivity index (χ2n) is 5.53. The molecule has 1 heterocycles. The smallest absolute Gasteiger partial charge is 0.120 e. The van der Waals surface area contributed by atoms with Crippen LogP contribution in [0.2, 0.25) is 0 Å². The molecule has 2 unspecified atom stereocenters. The van der Waals surface area contributed by atoms with Crippen molar-refractivity contribution >= 4 is 0 Å². The van der Waals surface area contributed by atoms with Crippen molar-refractivity contribution in [3.05, 3.63) is 0 Å². The van der Waals surface area contributed by atoms with Gasteiger partial charge in [-0.2, -0.15) is 5.26 Å². The van der Waals surface area contributed by atoms with E-state index in [0.717, 1.165) is 31.8 Å². The third-order valence-electron chi connectivity index (χ3n) is 4.26. The zero-order valence-electron chi connectivity index (χ0n) is 10.3. The molecule has 0 aromatic carbocycles. The Hall–Kier alpha value is -0.690. The van der Waals surface area contributed by atoms with Crippen LogP contribution in [0.5, 0.6) is 0 Å². The molecule has 4 heteroatoms. The predicted octanol–water partition coefficient (Wildman–Crippen LogP) is 2.70. The first-order chi connectivity index (χ1) is 8.11. The van der Waals surface area contributed by atoms with Crippen molar-refractivity contribution in [2.75, 3.05) is 13.1 Å². The summed E-state index contributed by atoms with van der Waals surface area (Å²) < 4.78 is 27.4. The second kappa shape index (κ2) is 5.30. The number of alkyl halides is 2. The number of nitrogens with zero attached hydrogens (tertiary/aromatic N) is 2. The molecule has 1 saturated heterocycles. The predicted molar refractivity (Wildman–Crippen MR) is 61.9 cm³/mol. The molecule has 0 spiro atoms. The Bertz CT molecular complexity index is 282. The molecule has 0 aromatic rings. The SMILES string of the molecule is CC1CCN(C2CC(F)C(C#N)C(F)C2)CC1. The zero-order chi connectivity index (χ0) is 12.4. The van der Waals surface area contributed by atoms with Gasteiger partial charge in [0.2, 0.25) is 0 Å². The van der Waals surface area contributed by atoms with Crippen LogP contribution in [-0.2, 0) is 0 Å². The van der Waals surface area contributed by atoms with E-state index in [1.54, 1.807) is 6.07 Å². The summed E-state index contributed by atoms with van der Waals surface area (Å²) >= 11 is 0. The Balaban J connectivity index is 1.93. The van der Waals surface area contributed by atoms with Gasteiger partial charge in [-0.1, -0.05) is 6.92 Å². The fourth-order valence-corrected chi connectivity index (χ4v) is 2.99. The van der Waals surface area contributed by atoms with Crippen LogP contribution < -0.4 is 0 Å². The van der Waals surface area contributed by atoms with E-state index in [2.05, 4.69) is 11.8 Å². The molecular formula is C13H20F2N2. The Kier molecular flexibility index (Phi) is 3.98. The second-order valence-corrected chi connectivity index (χ2v) is 5.53. The van der Waals surface area contributed by atoms with Gasteiger partial charge >= 0.3 is 0 Å². The zero-order valence-corrected chi connectivity index (χ0v) is 10.3. The fourth-order valence-electron chi connectivity index (χ4n) is 2.99. The van der Waals surface area contributed by atoms with Gasteiger partial charge in [0.25, 0.3) is 0 Å². The minimum absolute atomic E-state index is 0.00269. The molecule has 2 atom stereocenters. The first-order valence-corrected chi connectivity index (χ1v) is 6.53. The highest BCUT2D eigenvalue weighted by Crippen LogP contribution is 2.33. The summed E-state index contributed by atoms with van der Waals surface area (Å²) in [6.45, 7) is 4.12. The van der Waals surface area contributed by atoms with E-state index in [9.17, 15) is 8.78 Å². The first kappa shape index (κ1) is 12.8. The largest absolute Gasteiger partial charge is 0.300 e. The van der Waals surface area contributed by atoms with Gasteiger partial charge in [-0.05, 0) is 44.7 Å². The van der Waals surface area contributed by atoms with E-state index in [-0.39, 0.29) is 6.04 Å². The van der Waals surface area contributed by atoms with Crippen molar-refractivity contribution in [3.63, 3.8) is 0 Å². The van der Waals surface area contributed by atoms with Crippen molar-refractivity contribution < 1.29 is 8.78 Å². The topological polar surface area (TPSA) is 27.0 Å². The minimum atomic E-state index is -1.30. The molecule has 2 fully saturated rings. The first-order valence-electron chi connectivity index (χ1n) is 6.53. The summed E-state index contributed by atoms with van der Waals surface area (Å²) in [5.41, 5.74) is 0. The molecule has 96 valence electrons. The molecule has 0 bridgehead atoms. The van der Waals surface area contributed by atoms with Crippen LogP contribution in [0, 0.1) is 23.2 Å². The number of rotatable bonds is 1. The molecule has 1 aliphatic heterocycles. The van der Waals surface area contributed by atoms with Crippen LogP contribution in [0.4, 0.5) is 8.78 Å². The normalized spacial score (nSPS) is 41.1. The molecule has 1 saturated carbocycles. The van der Waals surface area contributed by atoms with Gasteiger partial charge in [0.1, 0.15) is 18.3 Å². The van der Waals surface area contributed by atoms with E-state index >= 15 is 0 Å². The molecule has 17 heavy (non-hydrogen) atoms. The van der Waals surface area contributed by atoms with E-state index in [4.69, 9.17) is 5.26 Å². The fraction of sp³-hybridized carbons (Fsp3) is 0.923. The summed E-state index contributed by atoms with van der Waals surface area (Å²) in [5, 5.41) is 8.72. The Labute approximate surface area is 102 Å². The van der Waals surface area contributed by atoms with Crippen LogP contribution in [0.1, 0.15) is 32.6 Å². The summed E-state index contributed by atoms with van der Waals surface area (Å²) in [4.78, 5) is 2.22. The Morgan fingerprint density at radius 1 is 1.12 bits per heavy atom. The molecule has 0 amide bonds. The van der Waals surface area contributed by atoms with Crippen molar-refractivity contribution in [1.29, 1.82) is 5.26 Å². The van der Waals surface area contributed by atoms with Crippen LogP contribution in [0.15, 0.2) is 0 Å². The monoisotopic (exact) mass is 242 g/mol. The molecule has 2 aliphatic rings. The van der Waals surface area contributed by atoms with Crippen molar-refractivity contribution in [2.45, 2.75) is 51.0 Å². The van der Waals surface area contributed by atoms with E-state index in [0.29, 0.717) is 12.8 Å². The van der Waals surface area contributed by atoms with Crippen molar-refractivity contribution in [3.8, 4) is 6.07 Å². The number of hydrogen-bond donors (Lipinski definition) is 0. The lowest BCUT2D eigenvalue weighted by Gasteiger charge is -2.41. The molecule has 0 N–H and O–H groups in total. The average Bonchev–Trinajstić information content (AvgIpc) is 2.29. The summed E-state index contributed by atoms with van der Waals surface area (Å²) in [7, 11) is 0. The average molecular weight is 242 g/mol. The van der Waals surface area contributed by atoms with Crippen LogP contribution in [-0.4, -0.2) is 36.4 Å². The third kappa shape index (κ3) is 2.77. The maximum absolute atomic E-state index is 13.7. The van der Waals surface area contributed by atoms with Gasteiger partial charge in [0.05, 0.1) is 6.07 Å². The van der Waals surface area contributed by atoms with Gasteiger partial charge in [-0.3, -0.25) is 0 Å². The van der Waals surface area contributed by atoms with Crippen molar-refractivity contribution in [2.24, 2.45) is 11.8 Å². The maximum atomic E-state index is 13.7. The van der Waals surface area contributed by atoms with E-state index in [1.165, 1.54) is 0 Å². The van der Waals surface area contributed by atoms with E-state index in [1.807, 2.05) is 0 Å². The van der Waals surface area contributed by atoms with E-state index < -0.39 is 18.3 Å². The molecule has 2 rings (SSSR count). The van der Waals surface area contributed by atoms with Crippen LogP contribution >= 0.6 is 0 Å². The number of halogens is 2. The lowest BCUT2D eigenvalue weighted by molar-refractivity contribution is 0.0232. The van der Waals surface area contributed by atoms with Gasteiger partial charge in [0, 0.05) is 6.04 Å². The molecule has 2 nitrogen and oxygen atoms in total. The van der Waals surface area contributed by atoms with Gasteiger partial charge in [-0.15, -0.1) is 0 Å². The molecule has 0 aromatic heterocycles. The standard InChI is InChI=1S/C13H20F2N2/c1-9-2-4-17(5-3-9)10-6-12(14)11(8-16)13(15)7-10/h9-13H,2-7H2,1H3. The van der Waals surface area contributed by atoms with Gasteiger partial charge in [0.15, 0.2) is 0 Å². The highest BCUT2D eigenvalue weighted by atomic mass is 19.1. The number of piperidine rings is 1. The summed E-state index contributed by atoms with van der Waals surface area (Å²) in [5.74, 6) is -0.320. The van der Waals surface area contributed by atoms with Crippen LogP contribution in [0.3, 0.4) is 0 Å². The van der Waals surface area contributed by atoms with Crippen LogP contribution in [0.25, 0.3) is 0 Å². The van der Waals surface area contributed by atoms with Gasteiger partial charge < -0.3 is 4.90 Å². The molecular weight excluding hydrogens is 222 g/mol. The lowest BCUT2D eigenvalue weighted by Crippen LogP contribution is -2.48. The minimum Gasteiger partial charge on any atom is -0.300 e. The molecule has 0 radical (unpaired) electrons. The summed E-state index contributed by atoms with van der Waals surface area (Å²) in [6.07, 6.45) is 0.291. The number of likely N-dealkylation sites (tertiary alicyclic amines) is 1. The van der Waals surface area contributed by atoms with Gasteiger partial charge in [-0.25, -0.2) is 8.78 Å². The highest BCUT2D eigenvalue weighted by Gasteiger charge is 2.41. The summed E-state index contributed by atoms with van der Waals surface area (Å²) in [6, 6.07) is 1.76. The number of hydrogen-bond acceptors (Lipinski definition) is 2. The Morgan fingerprint density at radius 2 is 1.65 bits per heavy atom. The Morgan fingerprint density at radius 3 is 2.12 bits per heavy atom. The highest BCUT2D eigenvalue weighted by molar-refractivity contribution is 5.01. The maximum Gasteiger partial charge on any atom is 0.120 e. The van der Waals surface area contributed by atoms with Crippen molar-refractivity contribution in [1.82, 2.24) is 4.90 Å². The number of nitriles is 1. The lowest BCUT2D eigenvalue weighted by atomic mass is 9.82. The quantitative estimate of drug-likeness (QED) is 0.707. The third-order valence-corrected chi connectivity index (χ3v) is 4.26. The molecule has 1 aliphatic carbocycles.